The maximum absolute atomic E-state index is 12.7. The number of anilines is 6. The van der Waals surface area contributed by atoms with Crippen LogP contribution in [-0.4, -0.2) is 25.6 Å². The molecule has 4 nitrogen and oxygen atoms in total. The lowest BCUT2D eigenvalue weighted by molar-refractivity contribution is -0.154. The van der Waals surface area contributed by atoms with Crippen molar-refractivity contribution in [2.24, 2.45) is 0 Å². The van der Waals surface area contributed by atoms with Crippen LogP contribution in [0.2, 0.25) is 0 Å². The number of ether oxygens (including phenoxy) is 2. The molecule has 10 heteroatoms. The molecule has 0 unspecified atom stereocenters. The van der Waals surface area contributed by atoms with E-state index in [9.17, 15) is 26.3 Å². The number of halogens is 6. The van der Waals surface area contributed by atoms with Gasteiger partial charge in [-0.25, -0.2) is 0 Å². The van der Waals surface area contributed by atoms with E-state index in [1.54, 1.807) is 24.3 Å². The minimum Gasteiger partial charge on any atom is -0.484 e. The highest BCUT2D eigenvalue weighted by Gasteiger charge is 2.29. The van der Waals surface area contributed by atoms with Crippen LogP contribution in [0.3, 0.4) is 0 Å². The van der Waals surface area contributed by atoms with E-state index in [2.05, 4.69) is 0 Å². The quantitative estimate of drug-likeness (QED) is 0.125. The summed E-state index contributed by atoms with van der Waals surface area (Å²) in [6.45, 7) is 1.26. The van der Waals surface area contributed by atoms with Gasteiger partial charge in [0.05, 0.1) is 0 Å². The van der Waals surface area contributed by atoms with E-state index in [-0.39, 0.29) is 11.5 Å². The van der Waals surface area contributed by atoms with E-state index in [0.29, 0.717) is 0 Å². The van der Waals surface area contributed by atoms with Crippen LogP contribution in [0.5, 0.6) is 11.5 Å². The van der Waals surface area contributed by atoms with Crippen LogP contribution in [0.25, 0.3) is 11.1 Å². The molecule has 0 radical (unpaired) electrons. The van der Waals surface area contributed by atoms with Gasteiger partial charge in [0.15, 0.2) is 13.2 Å². The number of nitrogens with zero attached hydrogens (tertiary/aromatic N) is 2. The maximum Gasteiger partial charge on any atom is 0.422 e. The molecular weight excluding hydrogens is 678 g/mol. The van der Waals surface area contributed by atoms with Crippen molar-refractivity contribution in [1.82, 2.24) is 0 Å². The Morgan fingerprint density at radius 3 is 0.846 bits per heavy atom. The average molecular weight is 713 g/mol. The topological polar surface area (TPSA) is 24.9 Å². The van der Waals surface area contributed by atoms with Crippen LogP contribution >= 0.6 is 0 Å². The van der Waals surface area contributed by atoms with Gasteiger partial charge in [0.1, 0.15) is 11.5 Å². The molecule has 0 amide bonds. The lowest BCUT2D eigenvalue weighted by Crippen LogP contribution is -2.19. The molecule has 0 bridgehead atoms. The molecule has 0 aliphatic rings. The van der Waals surface area contributed by atoms with Gasteiger partial charge in [-0.15, -0.1) is 0 Å². The van der Waals surface area contributed by atoms with Crippen molar-refractivity contribution in [2.45, 2.75) is 26.2 Å². The molecule has 6 aromatic rings. The van der Waals surface area contributed by atoms with Crippen LogP contribution in [0, 0.1) is 13.8 Å². The lowest BCUT2D eigenvalue weighted by Gasteiger charge is -2.26. The summed E-state index contributed by atoms with van der Waals surface area (Å²) < 4.78 is 85.9. The number of hydrogen-bond donors (Lipinski definition) is 0. The van der Waals surface area contributed by atoms with Crippen LogP contribution in [0.15, 0.2) is 146 Å². The fourth-order valence-corrected chi connectivity index (χ4v) is 5.60. The van der Waals surface area contributed by atoms with E-state index in [1.807, 2.05) is 121 Å². The molecule has 0 spiro atoms. The zero-order valence-corrected chi connectivity index (χ0v) is 28.2. The third-order valence-electron chi connectivity index (χ3n) is 8.16. The number of alkyl halides is 6. The van der Waals surface area contributed by atoms with Gasteiger partial charge in [0.2, 0.25) is 0 Å². The lowest BCUT2D eigenvalue weighted by atomic mass is 10.0. The van der Waals surface area contributed by atoms with E-state index >= 15 is 0 Å². The Balaban J connectivity index is 1.26. The number of aryl methyl sites for hydroxylation is 2. The third kappa shape index (κ3) is 9.25. The van der Waals surface area contributed by atoms with Crippen LogP contribution < -0.4 is 19.3 Å². The summed E-state index contributed by atoms with van der Waals surface area (Å²) in [5.41, 5.74) is 9.05. The first kappa shape index (κ1) is 35.9. The zero-order chi connectivity index (χ0) is 36.9. The van der Waals surface area contributed by atoms with E-state index < -0.39 is 25.6 Å². The largest absolute Gasteiger partial charge is 0.484 e. The molecule has 0 heterocycles. The fraction of sp³-hybridized carbons (Fsp3) is 0.143. The van der Waals surface area contributed by atoms with Gasteiger partial charge < -0.3 is 19.3 Å². The molecule has 0 saturated carbocycles. The van der Waals surface area contributed by atoms with Gasteiger partial charge in [0, 0.05) is 34.1 Å². The predicted molar refractivity (Wildman–Crippen MR) is 194 cm³/mol. The van der Waals surface area contributed by atoms with Gasteiger partial charge in [-0.05, 0) is 122 Å². The van der Waals surface area contributed by atoms with E-state index in [0.717, 1.165) is 56.4 Å². The monoisotopic (exact) mass is 712 g/mol. The highest BCUT2D eigenvalue weighted by molar-refractivity contribution is 5.81. The zero-order valence-electron chi connectivity index (χ0n) is 28.2. The first-order valence-corrected chi connectivity index (χ1v) is 16.3. The smallest absolute Gasteiger partial charge is 0.422 e. The molecule has 0 aromatic heterocycles. The van der Waals surface area contributed by atoms with Crippen LogP contribution in [-0.2, 0) is 0 Å². The predicted octanol–water partition coefficient (Wildman–Crippen LogP) is 12.8. The highest BCUT2D eigenvalue weighted by atomic mass is 19.4. The molecule has 0 saturated heterocycles. The maximum atomic E-state index is 12.7. The summed E-state index contributed by atoms with van der Waals surface area (Å²) in [6.07, 6.45) is -8.86. The Kier molecular flexibility index (Phi) is 10.5. The van der Waals surface area contributed by atoms with Crippen molar-refractivity contribution < 1.29 is 35.8 Å². The second-order valence-corrected chi connectivity index (χ2v) is 12.2. The second-order valence-electron chi connectivity index (χ2n) is 12.2. The summed E-state index contributed by atoms with van der Waals surface area (Å²) in [6, 6.07) is 44.9. The Morgan fingerprint density at radius 1 is 0.365 bits per heavy atom. The van der Waals surface area contributed by atoms with Crippen LogP contribution in [0.4, 0.5) is 60.5 Å². The van der Waals surface area contributed by atoms with Crippen molar-refractivity contribution in [2.75, 3.05) is 23.0 Å². The molecule has 52 heavy (non-hydrogen) atoms. The summed E-state index contributed by atoms with van der Waals surface area (Å²) in [4.78, 5) is 4.03. The van der Waals surface area contributed by atoms with Crippen LogP contribution in [0.1, 0.15) is 11.1 Å². The molecule has 0 aliphatic carbocycles. The molecule has 266 valence electrons. The van der Waals surface area contributed by atoms with Crippen molar-refractivity contribution in [3.8, 4) is 22.6 Å². The van der Waals surface area contributed by atoms with Crippen molar-refractivity contribution in [1.29, 1.82) is 0 Å². The van der Waals surface area contributed by atoms with Gasteiger partial charge in [-0.1, -0.05) is 59.7 Å². The third-order valence-corrected chi connectivity index (χ3v) is 8.16. The Hall–Kier alpha value is -5.90. The Labute approximate surface area is 298 Å². The normalized spacial score (nSPS) is 11.6. The van der Waals surface area contributed by atoms with E-state index in [4.69, 9.17) is 9.47 Å². The van der Waals surface area contributed by atoms with E-state index in [1.165, 1.54) is 24.3 Å². The molecule has 0 atom stereocenters. The summed E-state index contributed by atoms with van der Waals surface area (Å²) >= 11 is 0. The number of hydrogen-bond acceptors (Lipinski definition) is 4. The first-order valence-electron chi connectivity index (χ1n) is 16.3. The Bertz CT molecular complexity index is 1890. The summed E-state index contributed by atoms with van der Waals surface area (Å²) in [7, 11) is 0. The summed E-state index contributed by atoms with van der Waals surface area (Å²) in [5.74, 6) is 0.244. The SMILES string of the molecule is Cc1ccc(N(c2ccc(OCC(F)(F)F)cc2)c2ccc(-c3ccc(N(c4ccc(C)cc4)c4ccc(OCC(F)(F)F)cc4)cc3)cc2)cc1. The highest BCUT2D eigenvalue weighted by Crippen LogP contribution is 2.39. The van der Waals surface area contributed by atoms with Crippen molar-refractivity contribution in [3.63, 3.8) is 0 Å². The minimum atomic E-state index is -4.43. The minimum absolute atomic E-state index is 0.122. The standard InChI is InChI=1S/C42H34F6N2O2/c1-29-3-11-33(12-4-29)49(37-19-23-39(24-20-37)51-27-41(43,44)45)35-15-7-31(8-16-35)32-9-17-36(18-10-32)50(34-13-5-30(2)6-14-34)38-21-25-40(26-22-38)52-28-42(46,47)48/h3-26H,27-28H2,1-2H3. The van der Waals surface area contributed by atoms with Gasteiger partial charge in [0.25, 0.3) is 0 Å². The molecule has 6 rings (SSSR count). The first-order chi connectivity index (χ1) is 24.8. The molecular formula is C42H34F6N2O2. The summed E-state index contributed by atoms with van der Waals surface area (Å²) in [5, 5.41) is 0. The second kappa shape index (κ2) is 15.1. The van der Waals surface area contributed by atoms with Crippen molar-refractivity contribution >= 4 is 34.1 Å². The van der Waals surface area contributed by atoms with Gasteiger partial charge >= 0.3 is 12.4 Å². The molecule has 6 aromatic carbocycles. The fourth-order valence-electron chi connectivity index (χ4n) is 5.60. The average Bonchev–Trinajstić information content (AvgIpc) is 3.13. The van der Waals surface area contributed by atoms with Crippen molar-refractivity contribution in [3.05, 3.63) is 157 Å². The Morgan fingerprint density at radius 2 is 0.596 bits per heavy atom. The molecule has 0 N–H and O–H groups in total. The van der Waals surface area contributed by atoms with Gasteiger partial charge in [-0.3, -0.25) is 0 Å². The molecule has 0 aliphatic heterocycles. The number of rotatable bonds is 11. The molecule has 0 fully saturated rings. The number of benzene rings is 6. The van der Waals surface area contributed by atoms with Gasteiger partial charge in [-0.2, -0.15) is 26.3 Å².